The lowest BCUT2D eigenvalue weighted by Crippen LogP contribution is -2.35. The van der Waals surface area contributed by atoms with E-state index in [1.165, 1.54) is 6.42 Å². The zero-order chi connectivity index (χ0) is 11.7. The summed E-state index contributed by atoms with van der Waals surface area (Å²) in [6.45, 7) is 0. The molecule has 0 saturated heterocycles. The highest BCUT2D eigenvalue weighted by atomic mass is 32.2. The van der Waals surface area contributed by atoms with Gasteiger partial charge in [-0.1, -0.05) is 19.3 Å². The highest BCUT2D eigenvalue weighted by Crippen LogP contribution is 2.17. The summed E-state index contributed by atoms with van der Waals surface area (Å²) in [4.78, 5) is 17.6. The summed E-state index contributed by atoms with van der Waals surface area (Å²) in [5.74, 6) is 0. The largest absolute Gasteiger partial charge is 0.333 e. The zero-order valence-corrected chi connectivity index (χ0v) is 9.07. The summed E-state index contributed by atoms with van der Waals surface area (Å²) in [5.41, 5.74) is 0. The smallest absolute Gasteiger partial charge is 0.295 e. The van der Waals surface area contributed by atoms with Gasteiger partial charge >= 0.3 is 10.3 Å². The van der Waals surface area contributed by atoms with Crippen molar-refractivity contribution in [3.05, 3.63) is 0 Å². The van der Waals surface area contributed by atoms with Crippen molar-refractivity contribution < 1.29 is 22.6 Å². The molecule has 1 fully saturated rings. The monoisotopic (exact) mass is 237 g/mol. The van der Waals surface area contributed by atoms with E-state index in [1.54, 1.807) is 0 Å². The molecule has 1 saturated carbocycles. The molecule has 0 aromatic carbocycles. The Hall–Kier alpha value is -0.790. The first-order valence-electron chi connectivity index (χ1n) is 4.63. The molecule has 88 valence electrons. The maximum absolute atomic E-state index is 10.3. The molecule has 0 aliphatic heterocycles. The van der Waals surface area contributed by atoms with Gasteiger partial charge in [-0.25, -0.2) is 0 Å². The first kappa shape index (κ1) is 14.2. The number of rotatable bonds is 3. The molecule has 0 spiro atoms. The van der Waals surface area contributed by atoms with Gasteiger partial charge < -0.3 is 0 Å². The van der Waals surface area contributed by atoms with Crippen molar-refractivity contribution in [2.75, 3.05) is 0 Å². The van der Waals surface area contributed by atoms with E-state index >= 15 is 0 Å². The van der Waals surface area contributed by atoms with E-state index in [0.717, 1.165) is 25.7 Å². The van der Waals surface area contributed by atoms with Gasteiger partial charge in [-0.2, -0.15) is 13.1 Å². The van der Waals surface area contributed by atoms with Crippen LogP contribution in [0.3, 0.4) is 0 Å². The van der Waals surface area contributed by atoms with Gasteiger partial charge in [-0.15, -0.1) is 0 Å². The van der Waals surface area contributed by atoms with Crippen LogP contribution in [0.15, 0.2) is 0 Å². The van der Waals surface area contributed by atoms with Crippen molar-refractivity contribution >= 4 is 22.9 Å². The third-order valence-corrected chi connectivity index (χ3v) is 2.61. The first-order chi connectivity index (χ1) is 6.99. The van der Waals surface area contributed by atoms with Crippen LogP contribution in [-0.4, -0.2) is 31.6 Å². The van der Waals surface area contributed by atoms with Crippen LogP contribution in [-0.2, 0) is 19.9 Å². The van der Waals surface area contributed by atoms with Crippen LogP contribution in [0.5, 0.6) is 0 Å². The Morgan fingerprint density at radius 2 is 1.53 bits per heavy atom. The van der Waals surface area contributed by atoms with E-state index in [-0.39, 0.29) is 18.6 Å². The van der Waals surface area contributed by atoms with Crippen molar-refractivity contribution in [2.24, 2.45) is 0 Å². The predicted octanol–water partition coefficient (Wildman–Crippen LogP) is 0.0957. The average Bonchev–Trinajstić information content (AvgIpc) is 2.17. The lowest BCUT2D eigenvalue weighted by Gasteiger charge is -2.20. The van der Waals surface area contributed by atoms with Crippen LogP contribution in [0, 0.1) is 0 Å². The van der Waals surface area contributed by atoms with Gasteiger partial charge in [0.1, 0.15) is 0 Å². The minimum Gasteiger partial charge on any atom is -0.295 e. The Morgan fingerprint density at radius 3 is 1.87 bits per heavy atom. The molecular formula is C8H15NO5S. The molecular weight excluding hydrogens is 222 g/mol. The van der Waals surface area contributed by atoms with Crippen LogP contribution in [0.4, 0.5) is 0 Å². The lowest BCUT2D eigenvalue weighted by atomic mass is 9.96. The zero-order valence-electron chi connectivity index (χ0n) is 8.26. The second-order valence-electron chi connectivity index (χ2n) is 3.20. The molecule has 1 aliphatic rings. The number of nitrogens with one attached hydrogen (secondary N) is 1. The number of carbonyl (C=O) groups excluding carboxylic acids is 2. The van der Waals surface area contributed by atoms with Gasteiger partial charge in [0, 0.05) is 6.04 Å². The van der Waals surface area contributed by atoms with Crippen LogP contribution in [0.2, 0.25) is 0 Å². The lowest BCUT2D eigenvalue weighted by molar-refractivity contribution is -0.122. The van der Waals surface area contributed by atoms with E-state index in [9.17, 15) is 8.42 Å². The van der Waals surface area contributed by atoms with Crippen molar-refractivity contribution in [1.29, 1.82) is 0 Å². The maximum atomic E-state index is 10.3. The molecule has 0 heterocycles. The number of hydrogen-bond donors (Lipinski definition) is 2. The molecule has 0 aromatic heterocycles. The van der Waals surface area contributed by atoms with Crippen molar-refractivity contribution in [1.82, 2.24) is 4.72 Å². The van der Waals surface area contributed by atoms with Crippen LogP contribution in [0.1, 0.15) is 32.1 Å². The van der Waals surface area contributed by atoms with E-state index in [0.29, 0.717) is 0 Å². The minimum atomic E-state index is -3.97. The molecule has 0 radical (unpaired) electrons. The molecule has 15 heavy (non-hydrogen) atoms. The van der Waals surface area contributed by atoms with Gasteiger partial charge in [0.05, 0.1) is 0 Å². The second kappa shape index (κ2) is 7.49. The maximum Gasteiger partial charge on any atom is 0.333 e. The third kappa shape index (κ3) is 9.51. The quantitative estimate of drug-likeness (QED) is 0.412. The Labute approximate surface area is 88.9 Å². The van der Waals surface area contributed by atoms with Gasteiger partial charge in [0.2, 0.25) is 0 Å². The SMILES string of the molecule is O=CC=O.O=S(=O)(O)NC1CCCCC1. The molecule has 2 N–H and O–H groups in total. The summed E-state index contributed by atoms with van der Waals surface area (Å²) in [6.07, 6.45) is 5.35. The fraction of sp³-hybridized carbons (Fsp3) is 0.750. The highest BCUT2D eigenvalue weighted by Gasteiger charge is 2.17. The standard InChI is InChI=1S/C6H13NO3S.C2H2O2/c8-11(9,10)7-6-4-2-1-3-5-6;3-1-2-4/h6-7H,1-5H2,(H,8,9,10);1-2H. The van der Waals surface area contributed by atoms with E-state index in [2.05, 4.69) is 4.72 Å². The first-order valence-corrected chi connectivity index (χ1v) is 6.07. The number of aldehydes is 2. The molecule has 1 rings (SSSR count). The van der Waals surface area contributed by atoms with Crippen LogP contribution >= 0.6 is 0 Å². The minimum absolute atomic E-state index is 0.0428. The molecule has 0 unspecified atom stereocenters. The average molecular weight is 237 g/mol. The van der Waals surface area contributed by atoms with Crippen LogP contribution < -0.4 is 4.72 Å². The molecule has 1 aliphatic carbocycles. The van der Waals surface area contributed by atoms with Crippen molar-refractivity contribution in [3.63, 3.8) is 0 Å². The van der Waals surface area contributed by atoms with Crippen molar-refractivity contribution in [2.45, 2.75) is 38.1 Å². The van der Waals surface area contributed by atoms with Gasteiger partial charge in [0.15, 0.2) is 12.6 Å². The van der Waals surface area contributed by atoms with E-state index < -0.39 is 10.3 Å². The van der Waals surface area contributed by atoms with E-state index in [4.69, 9.17) is 14.1 Å². The fourth-order valence-electron chi connectivity index (χ4n) is 1.43. The Bertz CT molecular complexity index is 275. The summed E-state index contributed by atoms with van der Waals surface area (Å²) in [5, 5.41) is 0. The summed E-state index contributed by atoms with van der Waals surface area (Å²) >= 11 is 0. The molecule has 6 nitrogen and oxygen atoms in total. The number of carbonyl (C=O) groups is 2. The highest BCUT2D eigenvalue weighted by molar-refractivity contribution is 7.83. The third-order valence-electron chi connectivity index (χ3n) is 1.98. The van der Waals surface area contributed by atoms with Crippen LogP contribution in [0.25, 0.3) is 0 Å². The summed E-state index contributed by atoms with van der Waals surface area (Å²) in [7, 11) is -3.97. The van der Waals surface area contributed by atoms with E-state index in [1.807, 2.05) is 0 Å². The molecule has 0 aromatic rings. The Morgan fingerprint density at radius 1 is 1.07 bits per heavy atom. The van der Waals surface area contributed by atoms with Gasteiger partial charge in [0.25, 0.3) is 0 Å². The Balaban J connectivity index is 0.000000423. The van der Waals surface area contributed by atoms with Gasteiger partial charge in [-0.05, 0) is 12.8 Å². The molecule has 0 bridgehead atoms. The Kier molecular flexibility index (Phi) is 7.10. The fourth-order valence-corrected chi connectivity index (χ4v) is 2.09. The van der Waals surface area contributed by atoms with Crippen molar-refractivity contribution in [3.8, 4) is 0 Å². The summed E-state index contributed by atoms with van der Waals surface area (Å²) in [6, 6.07) is -0.0428. The summed E-state index contributed by atoms with van der Waals surface area (Å²) < 4.78 is 31.3. The normalized spacial score (nSPS) is 17.4. The second-order valence-corrected chi connectivity index (χ2v) is 4.39. The molecule has 0 amide bonds. The number of hydrogen-bond acceptors (Lipinski definition) is 4. The predicted molar refractivity (Wildman–Crippen MR) is 53.7 cm³/mol. The topological polar surface area (TPSA) is 101 Å². The molecule has 0 atom stereocenters. The molecule has 7 heteroatoms. The van der Waals surface area contributed by atoms with Gasteiger partial charge in [-0.3, -0.25) is 14.1 Å².